The molecule has 0 unspecified atom stereocenters. The molecule has 3 rings (SSSR count). The van der Waals surface area contributed by atoms with E-state index in [2.05, 4.69) is 32.2 Å². The molecule has 1 aliphatic rings. The third kappa shape index (κ3) is 4.16. The molecule has 10 heteroatoms. The van der Waals surface area contributed by atoms with Gasteiger partial charge in [-0.1, -0.05) is 29.5 Å². The third-order valence-electron chi connectivity index (χ3n) is 4.23. The van der Waals surface area contributed by atoms with E-state index in [9.17, 15) is 9.59 Å². The number of aryl methyl sites for hydroxylation is 2. The van der Waals surface area contributed by atoms with Gasteiger partial charge in [-0.2, -0.15) is 4.68 Å². The maximum Gasteiger partial charge on any atom is 0.337 e. The predicted octanol–water partition coefficient (Wildman–Crippen LogP) is 1.89. The minimum atomic E-state index is -0.452. The van der Waals surface area contributed by atoms with Crippen LogP contribution >= 0.6 is 11.8 Å². The van der Waals surface area contributed by atoms with Gasteiger partial charge in [0.05, 0.1) is 23.9 Å². The lowest BCUT2D eigenvalue weighted by Crippen LogP contribution is -2.49. The summed E-state index contributed by atoms with van der Waals surface area (Å²) in [5, 5.41) is 17.9. The van der Waals surface area contributed by atoms with Crippen LogP contribution in [0.2, 0.25) is 0 Å². The van der Waals surface area contributed by atoms with Crippen LogP contribution < -0.4 is 10.6 Å². The number of esters is 1. The van der Waals surface area contributed by atoms with E-state index in [-0.39, 0.29) is 12.6 Å². The number of nitrogens with one attached hydrogen (secondary N) is 2. The van der Waals surface area contributed by atoms with E-state index in [0.717, 1.165) is 16.8 Å². The van der Waals surface area contributed by atoms with Gasteiger partial charge in [-0.25, -0.2) is 9.59 Å². The highest BCUT2D eigenvalue weighted by Crippen LogP contribution is 2.25. The molecule has 1 aromatic carbocycles. The van der Waals surface area contributed by atoms with Gasteiger partial charge in [-0.15, -0.1) is 5.10 Å². The number of ether oxygens (including phenoxy) is 1. The fourth-order valence-electron chi connectivity index (χ4n) is 2.99. The van der Waals surface area contributed by atoms with Crippen LogP contribution in [0.4, 0.5) is 4.79 Å². The van der Waals surface area contributed by atoms with Crippen LogP contribution in [-0.4, -0.2) is 50.6 Å². The molecule has 28 heavy (non-hydrogen) atoms. The maximum absolute atomic E-state index is 12.3. The van der Waals surface area contributed by atoms with Gasteiger partial charge in [-0.05, 0) is 49.8 Å². The van der Waals surface area contributed by atoms with Gasteiger partial charge in [0.2, 0.25) is 5.16 Å². The SMILES string of the molecule is CCOC(=O)C1=C(CSc2nnnn2-c2ccc(C)cc2C)NC(=O)N[C@@H]1C. The molecule has 2 aromatic rings. The number of aromatic nitrogens is 4. The van der Waals surface area contributed by atoms with Crippen LogP contribution in [0, 0.1) is 13.8 Å². The monoisotopic (exact) mass is 402 g/mol. The Morgan fingerprint density at radius 3 is 2.86 bits per heavy atom. The smallest absolute Gasteiger partial charge is 0.337 e. The number of tetrazole rings is 1. The summed E-state index contributed by atoms with van der Waals surface area (Å²) in [5.74, 6) is -0.135. The topological polar surface area (TPSA) is 111 Å². The second-order valence-electron chi connectivity index (χ2n) is 6.38. The molecule has 0 radical (unpaired) electrons. The highest BCUT2D eigenvalue weighted by Gasteiger charge is 2.30. The van der Waals surface area contributed by atoms with E-state index < -0.39 is 12.0 Å². The minimum absolute atomic E-state index is 0.258. The van der Waals surface area contributed by atoms with Crippen molar-refractivity contribution in [3.63, 3.8) is 0 Å². The molecule has 0 spiro atoms. The predicted molar refractivity (Wildman–Crippen MR) is 104 cm³/mol. The first-order valence-corrected chi connectivity index (χ1v) is 9.85. The van der Waals surface area contributed by atoms with E-state index >= 15 is 0 Å². The molecule has 2 N–H and O–H groups in total. The van der Waals surface area contributed by atoms with Gasteiger partial charge in [0.15, 0.2) is 0 Å². The van der Waals surface area contributed by atoms with Crippen molar-refractivity contribution in [1.29, 1.82) is 0 Å². The normalized spacial score (nSPS) is 16.6. The van der Waals surface area contributed by atoms with Crippen LogP contribution in [0.1, 0.15) is 25.0 Å². The van der Waals surface area contributed by atoms with Gasteiger partial charge in [-0.3, -0.25) is 0 Å². The standard InChI is InChI=1S/C18H22N6O3S/c1-5-27-16(25)15-12(4)19-17(26)20-13(15)9-28-18-21-22-23-24(18)14-7-6-10(2)8-11(14)3/h6-8,12H,5,9H2,1-4H3,(H2,19,20,26)/t12-/m1/s1. The average molecular weight is 402 g/mol. The zero-order chi connectivity index (χ0) is 20.3. The summed E-state index contributed by atoms with van der Waals surface area (Å²) < 4.78 is 6.78. The second kappa shape index (κ2) is 8.42. The van der Waals surface area contributed by atoms with Crippen molar-refractivity contribution in [3.05, 3.63) is 40.6 Å². The number of carbonyl (C=O) groups is 2. The fourth-order valence-corrected chi connectivity index (χ4v) is 3.85. The molecule has 0 aliphatic carbocycles. The van der Waals surface area contributed by atoms with Crippen molar-refractivity contribution >= 4 is 23.8 Å². The molecule has 1 aromatic heterocycles. The Kier molecular flexibility index (Phi) is 5.98. The van der Waals surface area contributed by atoms with Gasteiger partial charge in [0, 0.05) is 11.4 Å². The van der Waals surface area contributed by atoms with Crippen LogP contribution in [0.15, 0.2) is 34.6 Å². The first-order valence-electron chi connectivity index (χ1n) is 8.87. The van der Waals surface area contributed by atoms with Crippen LogP contribution in [0.3, 0.4) is 0 Å². The van der Waals surface area contributed by atoms with E-state index in [0.29, 0.717) is 22.2 Å². The third-order valence-corrected chi connectivity index (χ3v) is 5.18. The summed E-state index contributed by atoms with van der Waals surface area (Å²) in [4.78, 5) is 24.2. The summed E-state index contributed by atoms with van der Waals surface area (Å²) in [6, 6.07) is 5.21. The molecule has 9 nitrogen and oxygen atoms in total. The first-order chi connectivity index (χ1) is 13.4. The van der Waals surface area contributed by atoms with Crippen LogP contribution in [-0.2, 0) is 9.53 Å². The van der Waals surface area contributed by atoms with E-state index in [1.165, 1.54) is 11.8 Å². The first kappa shape index (κ1) is 19.9. The van der Waals surface area contributed by atoms with Gasteiger partial charge < -0.3 is 15.4 Å². The number of carbonyl (C=O) groups excluding carboxylic acids is 2. The summed E-state index contributed by atoms with van der Waals surface area (Å²) in [5.41, 5.74) is 3.97. The molecule has 148 valence electrons. The van der Waals surface area contributed by atoms with Crippen molar-refractivity contribution in [2.45, 2.75) is 38.9 Å². The van der Waals surface area contributed by atoms with Crippen molar-refractivity contribution in [2.75, 3.05) is 12.4 Å². The van der Waals surface area contributed by atoms with Crippen molar-refractivity contribution in [3.8, 4) is 5.69 Å². The molecule has 1 aliphatic heterocycles. The highest BCUT2D eigenvalue weighted by molar-refractivity contribution is 7.99. The number of urea groups is 1. The Labute approximate surface area is 166 Å². The minimum Gasteiger partial charge on any atom is -0.463 e. The summed E-state index contributed by atoms with van der Waals surface area (Å²) >= 11 is 1.33. The Morgan fingerprint density at radius 2 is 2.14 bits per heavy atom. The number of amides is 2. The number of thioether (sulfide) groups is 1. The Balaban J connectivity index is 1.86. The van der Waals surface area contributed by atoms with Gasteiger partial charge in [0.25, 0.3) is 0 Å². The molecular weight excluding hydrogens is 380 g/mol. The lowest BCUT2D eigenvalue weighted by molar-refractivity contribution is -0.138. The quantitative estimate of drug-likeness (QED) is 0.561. The lowest BCUT2D eigenvalue weighted by atomic mass is 10.1. The van der Waals surface area contributed by atoms with Crippen molar-refractivity contribution in [1.82, 2.24) is 30.8 Å². The summed E-state index contributed by atoms with van der Waals surface area (Å²) in [6.07, 6.45) is 0. The zero-order valence-corrected chi connectivity index (χ0v) is 17.0. The Morgan fingerprint density at radius 1 is 1.36 bits per heavy atom. The molecular formula is C18H22N6O3S. The highest BCUT2D eigenvalue weighted by atomic mass is 32.2. The second-order valence-corrected chi connectivity index (χ2v) is 7.33. The van der Waals surface area contributed by atoms with Gasteiger partial charge >= 0.3 is 12.0 Å². The number of hydrogen-bond acceptors (Lipinski definition) is 7. The molecule has 0 saturated carbocycles. The Hall–Kier alpha value is -2.88. The van der Waals surface area contributed by atoms with Crippen LogP contribution in [0.5, 0.6) is 0 Å². The lowest BCUT2D eigenvalue weighted by Gasteiger charge is -2.26. The molecule has 2 heterocycles. The summed E-state index contributed by atoms with van der Waals surface area (Å²) in [7, 11) is 0. The van der Waals surface area contributed by atoms with Crippen LogP contribution in [0.25, 0.3) is 5.69 Å². The largest absolute Gasteiger partial charge is 0.463 e. The van der Waals surface area contributed by atoms with E-state index in [1.807, 2.05) is 26.0 Å². The Bertz CT molecular complexity index is 939. The van der Waals surface area contributed by atoms with E-state index in [4.69, 9.17) is 4.74 Å². The molecule has 0 fully saturated rings. The molecule has 0 bridgehead atoms. The number of benzene rings is 1. The number of rotatable bonds is 6. The molecule has 2 amide bonds. The maximum atomic E-state index is 12.3. The van der Waals surface area contributed by atoms with Crippen molar-refractivity contribution in [2.24, 2.45) is 0 Å². The molecule has 0 saturated heterocycles. The average Bonchev–Trinajstić information content (AvgIpc) is 3.07. The number of nitrogens with zero attached hydrogens (tertiary/aromatic N) is 4. The van der Waals surface area contributed by atoms with Gasteiger partial charge in [0.1, 0.15) is 0 Å². The summed E-state index contributed by atoms with van der Waals surface area (Å²) in [6.45, 7) is 7.76. The zero-order valence-electron chi connectivity index (χ0n) is 16.1. The van der Waals surface area contributed by atoms with E-state index in [1.54, 1.807) is 18.5 Å². The molecule has 1 atom stereocenters. The number of hydrogen-bond donors (Lipinski definition) is 2. The van der Waals surface area contributed by atoms with Crippen molar-refractivity contribution < 1.29 is 14.3 Å². The fraction of sp³-hybridized carbons (Fsp3) is 0.389.